The van der Waals surface area contributed by atoms with Crippen molar-refractivity contribution in [3.05, 3.63) is 39.4 Å². The number of aldehydes is 1. The predicted molar refractivity (Wildman–Crippen MR) is 49.8 cm³/mol. The normalized spacial score (nSPS) is 9.60. The Balaban J connectivity index is 3.21. The van der Waals surface area contributed by atoms with Crippen LogP contribution in [0.5, 0.6) is 0 Å². The lowest BCUT2D eigenvalue weighted by molar-refractivity contribution is -0.385. The average molecular weight is 209 g/mol. The van der Waals surface area contributed by atoms with Crippen molar-refractivity contribution < 1.29 is 19.6 Å². The SMILES string of the molecule is O=Cc1ccc([N+](=O)[O-])c(CC(=O)O)c1. The van der Waals surface area contributed by atoms with Crippen molar-refractivity contribution in [2.45, 2.75) is 6.42 Å². The van der Waals surface area contributed by atoms with Gasteiger partial charge in [0.25, 0.3) is 5.69 Å². The summed E-state index contributed by atoms with van der Waals surface area (Å²) in [5, 5.41) is 19.1. The Kier molecular flexibility index (Phi) is 3.12. The number of carbonyl (C=O) groups excluding carboxylic acids is 1. The van der Waals surface area contributed by atoms with Crippen molar-refractivity contribution in [3.8, 4) is 0 Å². The van der Waals surface area contributed by atoms with Crippen molar-refractivity contribution in [2.24, 2.45) is 0 Å². The van der Waals surface area contributed by atoms with Gasteiger partial charge in [0.1, 0.15) is 6.29 Å². The molecule has 15 heavy (non-hydrogen) atoms. The first-order valence-corrected chi connectivity index (χ1v) is 3.99. The second-order valence-electron chi connectivity index (χ2n) is 2.83. The quantitative estimate of drug-likeness (QED) is 0.453. The summed E-state index contributed by atoms with van der Waals surface area (Å²) in [6.45, 7) is 0. The minimum atomic E-state index is -1.18. The van der Waals surface area contributed by atoms with Crippen LogP contribution in [0.2, 0.25) is 0 Å². The fourth-order valence-corrected chi connectivity index (χ4v) is 1.16. The fourth-order valence-electron chi connectivity index (χ4n) is 1.16. The number of nitro benzene ring substituents is 1. The van der Waals surface area contributed by atoms with Crippen LogP contribution in [0.1, 0.15) is 15.9 Å². The van der Waals surface area contributed by atoms with Gasteiger partial charge in [0.15, 0.2) is 0 Å². The molecule has 0 atom stereocenters. The first kappa shape index (κ1) is 10.8. The maximum atomic E-state index is 10.5. The molecule has 1 aromatic rings. The third-order valence-corrected chi connectivity index (χ3v) is 1.78. The maximum absolute atomic E-state index is 10.5. The summed E-state index contributed by atoms with van der Waals surface area (Å²) < 4.78 is 0. The van der Waals surface area contributed by atoms with Gasteiger partial charge in [-0.25, -0.2) is 0 Å². The highest BCUT2D eigenvalue weighted by molar-refractivity contribution is 5.78. The Morgan fingerprint density at radius 2 is 2.20 bits per heavy atom. The van der Waals surface area contributed by atoms with Crippen LogP contribution in [0.15, 0.2) is 18.2 Å². The summed E-state index contributed by atoms with van der Waals surface area (Å²) in [5.74, 6) is -1.18. The molecular weight excluding hydrogens is 202 g/mol. The number of carboxylic acid groups (broad SMARTS) is 1. The van der Waals surface area contributed by atoms with Gasteiger partial charge in [0, 0.05) is 17.2 Å². The second-order valence-corrected chi connectivity index (χ2v) is 2.83. The number of carbonyl (C=O) groups is 2. The van der Waals surface area contributed by atoms with Crippen molar-refractivity contribution in [1.82, 2.24) is 0 Å². The van der Waals surface area contributed by atoms with Gasteiger partial charge < -0.3 is 5.11 Å². The topological polar surface area (TPSA) is 97.5 Å². The van der Waals surface area contributed by atoms with Crippen LogP contribution < -0.4 is 0 Å². The molecule has 0 spiro atoms. The minimum absolute atomic E-state index is 0.0251. The zero-order chi connectivity index (χ0) is 11.4. The van der Waals surface area contributed by atoms with Crippen LogP contribution in [0.3, 0.4) is 0 Å². The zero-order valence-corrected chi connectivity index (χ0v) is 7.54. The smallest absolute Gasteiger partial charge is 0.308 e. The molecule has 6 nitrogen and oxygen atoms in total. The minimum Gasteiger partial charge on any atom is -0.481 e. The van der Waals surface area contributed by atoms with E-state index in [4.69, 9.17) is 5.11 Å². The highest BCUT2D eigenvalue weighted by Gasteiger charge is 2.16. The molecule has 0 unspecified atom stereocenters. The molecule has 6 heteroatoms. The Bertz CT molecular complexity index is 427. The third-order valence-electron chi connectivity index (χ3n) is 1.78. The van der Waals surface area contributed by atoms with Crippen LogP contribution >= 0.6 is 0 Å². The first-order chi connectivity index (χ1) is 7.04. The summed E-state index contributed by atoms with van der Waals surface area (Å²) in [6, 6.07) is 3.61. The van der Waals surface area contributed by atoms with Crippen molar-refractivity contribution in [1.29, 1.82) is 0 Å². The molecule has 1 N–H and O–H groups in total. The van der Waals surface area contributed by atoms with Gasteiger partial charge in [-0.15, -0.1) is 0 Å². The van der Waals surface area contributed by atoms with Crippen LogP contribution in [0.4, 0.5) is 5.69 Å². The molecule has 1 aromatic carbocycles. The number of nitrogens with zero attached hydrogens (tertiary/aromatic N) is 1. The van der Waals surface area contributed by atoms with E-state index in [9.17, 15) is 19.7 Å². The van der Waals surface area contributed by atoms with Gasteiger partial charge in [0.2, 0.25) is 0 Å². The monoisotopic (exact) mass is 209 g/mol. The lowest BCUT2D eigenvalue weighted by Crippen LogP contribution is -2.04. The van der Waals surface area contributed by atoms with Gasteiger partial charge in [-0.2, -0.15) is 0 Å². The lowest BCUT2D eigenvalue weighted by atomic mass is 10.1. The average Bonchev–Trinajstić information content (AvgIpc) is 2.16. The van der Waals surface area contributed by atoms with E-state index in [2.05, 4.69) is 0 Å². The lowest BCUT2D eigenvalue weighted by Gasteiger charge is -2.00. The first-order valence-electron chi connectivity index (χ1n) is 3.99. The molecule has 0 aliphatic heterocycles. The highest BCUT2D eigenvalue weighted by atomic mass is 16.6. The van der Waals surface area contributed by atoms with Gasteiger partial charge in [-0.1, -0.05) is 0 Å². The number of aliphatic carboxylic acids is 1. The number of rotatable bonds is 4. The largest absolute Gasteiger partial charge is 0.481 e. The molecule has 0 aliphatic carbocycles. The Hall–Kier alpha value is -2.24. The van der Waals surface area contributed by atoms with Crippen molar-refractivity contribution in [2.75, 3.05) is 0 Å². The van der Waals surface area contributed by atoms with Gasteiger partial charge in [-0.3, -0.25) is 19.7 Å². The summed E-state index contributed by atoms with van der Waals surface area (Å²) in [7, 11) is 0. The van der Waals surface area contributed by atoms with Gasteiger partial charge in [0.05, 0.1) is 11.3 Å². The molecule has 0 aromatic heterocycles. The molecule has 1 rings (SSSR count). The summed E-state index contributed by atoms with van der Waals surface area (Å²) in [4.78, 5) is 30.7. The molecule has 0 radical (unpaired) electrons. The molecule has 0 saturated carbocycles. The molecular formula is C9H7NO5. The van der Waals surface area contributed by atoms with E-state index < -0.39 is 17.3 Å². The van der Waals surface area contributed by atoms with Gasteiger partial charge >= 0.3 is 5.97 Å². The van der Waals surface area contributed by atoms with E-state index in [-0.39, 0.29) is 16.8 Å². The van der Waals surface area contributed by atoms with Crippen LogP contribution in [-0.4, -0.2) is 22.3 Å². The van der Waals surface area contributed by atoms with Crippen LogP contribution in [0.25, 0.3) is 0 Å². The highest BCUT2D eigenvalue weighted by Crippen LogP contribution is 2.19. The zero-order valence-electron chi connectivity index (χ0n) is 7.54. The third kappa shape index (κ3) is 2.60. The summed E-state index contributed by atoms with van der Waals surface area (Å²) in [6.07, 6.45) is 0.0348. The Morgan fingerprint density at radius 1 is 1.53 bits per heavy atom. The van der Waals surface area contributed by atoms with E-state index >= 15 is 0 Å². The van der Waals surface area contributed by atoms with E-state index in [0.29, 0.717) is 6.29 Å². The number of hydrogen-bond donors (Lipinski definition) is 1. The Morgan fingerprint density at radius 3 is 2.67 bits per heavy atom. The van der Waals surface area contributed by atoms with Crippen molar-refractivity contribution >= 4 is 17.9 Å². The second kappa shape index (κ2) is 4.32. The summed E-state index contributed by atoms with van der Waals surface area (Å²) in [5.41, 5.74) is -0.0445. The number of hydrogen-bond acceptors (Lipinski definition) is 4. The predicted octanol–water partition coefficient (Wildman–Crippen LogP) is 1.03. The number of carboxylic acids is 1. The molecule has 78 valence electrons. The van der Waals surface area contributed by atoms with E-state index in [1.54, 1.807) is 0 Å². The van der Waals surface area contributed by atoms with Crippen LogP contribution in [0, 0.1) is 10.1 Å². The molecule has 0 amide bonds. The molecule has 0 heterocycles. The number of nitro groups is 1. The Labute approximate surface area is 84.3 Å². The van der Waals surface area contributed by atoms with E-state index in [1.807, 2.05) is 0 Å². The standard InChI is InChI=1S/C9H7NO5/c11-5-6-1-2-8(10(14)15)7(3-6)4-9(12)13/h1-3,5H,4H2,(H,12,13). The summed E-state index contributed by atoms with van der Waals surface area (Å²) >= 11 is 0. The molecule has 0 saturated heterocycles. The van der Waals surface area contributed by atoms with E-state index in [0.717, 1.165) is 6.07 Å². The molecule has 0 bridgehead atoms. The molecule has 0 fully saturated rings. The maximum Gasteiger partial charge on any atom is 0.308 e. The van der Waals surface area contributed by atoms with Crippen molar-refractivity contribution in [3.63, 3.8) is 0 Å². The van der Waals surface area contributed by atoms with Crippen LogP contribution in [-0.2, 0) is 11.2 Å². The van der Waals surface area contributed by atoms with E-state index in [1.165, 1.54) is 12.1 Å². The molecule has 0 aliphatic rings. The fraction of sp³-hybridized carbons (Fsp3) is 0.111. The number of benzene rings is 1. The van der Waals surface area contributed by atoms with Gasteiger partial charge in [-0.05, 0) is 12.1 Å².